The van der Waals surface area contributed by atoms with Gasteiger partial charge in [-0.1, -0.05) is 77.9 Å². The zero-order valence-corrected chi connectivity index (χ0v) is 16.3. The molecule has 0 aliphatic carbocycles. The second kappa shape index (κ2) is 7.40. The van der Waals surface area contributed by atoms with Gasteiger partial charge in [-0.2, -0.15) is 0 Å². The first kappa shape index (κ1) is 18.7. The topological polar surface area (TPSA) is 57.6 Å². The Bertz CT molecular complexity index is 1100. The van der Waals surface area contributed by atoms with Crippen molar-refractivity contribution in [3.63, 3.8) is 0 Å². The Hall–Kier alpha value is -3.66. The van der Waals surface area contributed by atoms with E-state index in [0.29, 0.717) is 11.3 Å². The van der Waals surface area contributed by atoms with Gasteiger partial charge >= 0.3 is 0 Å². The van der Waals surface area contributed by atoms with Crippen LogP contribution in [-0.2, 0) is 9.59 Å². The SMILES string of the molecule is Cc1ccc(C(O)=C2C(=O)C(=O)N(c3ccccc3)[C@@H]2c2ccc(C)cc2)cc1. The van der Waals surface area contributed by atoms with Crippen molar-refractivity contribution in [1.29, 1.82) is 0 Å². The van der Waals surface area contributed by atoms with Gasteiger partial charge in [0.25, 0.3) is 11.7 Å². The maximum absolute atomic E-state index is 13.0. The number of amides is 1. The zero-order valence-electron chi connectivity index (χ0n) is 16.3. The van der Waals surface area contributed by atoms with E-state index in [4.69, 9.17) is 0 Å². The van der Waals surface area contributed by atoms with Crippen molar-refractivity contribution < 1.29 is 14.7 Å². The molecule has 3 aromatic carbocycles. The van der Waals surface area contributed by atoms with Gasteiger partial charge in [-0.05, 0) is 31.5 Å². The van der Waals surface area contributed by atoms with Crippen LogP contribution in [0.15, 0.2) is 84.4 Å². The molecule has 4 nitrogen and oxygen atoms in total. The second-order valence-corrected chi connectivity index (χ2v) is 7.28. The molecule has 0 radical (unpaired) electrons. The number of Topliss-reactive ketones (excluding diaryl/α,β-unsaturated/α-hetero) is 1. The molecule has 1 atom stereocenters. The van der Waals surface area contributed by atoms with Crippen molar-refractivity contribution in [3.8, 4) is 0 Å². The van der Waals surface area contributed by atoms with Gasteiger partial charge in [0.15, 0.2) is 0 Å². The molecule has 0 spiro atoms. The minimum absolute atomic E-state index is 0.103. The Morgan fingerprint density at radius 2 is 1.34 bits per heavy atom. The van der Waals surface area contributed by atoms with Crippen LogP contribution in [0.1, 0.15) is 28.3 Å². The summed E-state index contributed by atoms with van der Waals surface area (Å²) in [7, 11) is 0. The van der Waals surface area contributed by atoms with Crippen molar-refractivity contribution in [2.45, 2.75) is 19.9 Å². The number of nitrogens with zero attached hydrogens (tertiary/aromatic N) is 1. The Labute approximate surface area is 169 Å². The fourth-order valence-electron chi connectivity index (χ4n) is 3.62. The van der Waals surface area contributed by atoms with Gasteiger partial charge in [0.1, 0.15) is 5.76 Å². The first-order chi connectivity index (χ1) is 14.0. The summed E-state index contributed by atoms with van der Waals surface area (Å²) in [5, 5.41) is 11.0. The van der Waals surface area contributed by atoms with E-state index < -0.39 is 17.7 Å². The minimum atomic E-state index is -0.695. The van der Waals surface area contributed by atoms with E-state index in [2.05, 4.69) is 0 Å². The lowest BCUT2D eigenvalue weighted by Crippen LogP contribution is -2.29. The van der Waals surface area contributed by atoms with Gasteiger partial charge in [0.2, 0.25) is 0 Å². The second-order valence-electron chi connectivity index (χ2n) is 7.28. The first-order valence-corrected chi connectivity index (χ1v) is 9.47. The average molecular weight is 383 g/mol. The Balaban J connectivity index is 1.94. The fraction of sp³-hybridized carbons (Fsp3) is 0.120. The summed E-state index contributed by atoms with van der Waals surface area (Å²) in [5.41, 5.74) is 4.12. The van der Waals surface area contributed by atoms with Gasteiger partial charge in [-0.3, -0.25) is 14.5 Å². The van der Waals surface area contributed by atoms with Crippen molar-refractivity contribution >= 4 is 23.1 Å². The molecule has 1 fully saturated rings. The smallest absolute Gasteiger partial charge is 0.300 e. The van der Waals surface area contributed by atoms with Crippen molar-refractivity contribution in [2.24, 2.45) is 0 Å². The molecule has 0 aromatic heterocycles. The molecule has 144 valence electrons. The van der Waals surface area contributed by atoms with E-state index in [1.165, 1.54) is 4.90 Å². The van der Waals surface area contributed by atoms with Crippen LogP contribution < -0.4 is 4.90 Å². The lowest BCUT2D eigenvalue weighted by atomic mass is 9.94. The number of aryl methyl sites for hydroxylation is 2. The van der Waals surface area contributed by atoms with Gasteiger partial charge in [-0.15, -0.1) is 0 Å². The summed E-state index contributed by atoms with van der Waals surface area (Å²) in [6, 6.07) is 23.3. The highest BCUT2D eigenvalue weighted by Gasteiger charge is 2.46. The fourth-order valence-corrected chi connectivity index (χ4v) is 3.62. The summed E-state index contributed by atoms with van der Waals surface area (Å²) in [5.74, 6) is -1.49. The van der Waals surface area contributed by atoms with Crippen LogP contribution in [0, 0.1) is 13.8 Å². The number of hydrogen-bond acceptors (Lipinski definition) is 3. The summed E-state index contributed by atoms with van der Waals surface area (Å²) < 4.78 is 0. The normalized spacial score (nSPS) is 18.3. The molecule has 1 saturated heterocycles. The highest BCUT2D eigenvalue weighted by Crippen LogP contribution is 2.42. The quantitative estimate of drug-likeness (QED) is 0.396. The molecule has 0 unspecified atom stereocenters. The zero-order chi connectivity index (χ0) is 20.5. The van der Waals surface area contributed by atoms with Crippen LogP contribution >= 0.6 is 0 Å². The highest BCUT2D eigenvalue weighted by atomic mass is 16.3. The summed E-state index contributed by atoms with van der Waals surface area (Å²) >= 11 is 0. The van der Waals surface area contributed by atoms with Crippen molar-refractivity contribution in [2.75, 3.05) is 4.90 Å². The number of ketones is 1. The average Bonchev–Trinajstić information content (AvgIpc) is 3.00. The van der Waals surface area contributed by atoms with Gasteiger partial charge in [-0.25, -0.2) is 0 Å². The minimum Gasteiger partial charge on any atom is -0.507 e. The van der Waals surface area contributed by atoms with Crippen LogP contribution in [0.4, 0.5) is 5.69 Å². The molecule has 0 bridgehead atoms. The van der Waals surface area contributed by atoms with Crippen LogP contribution in [0.5, 0.6) is 0 Å². The van der Waals surface area contributed by atoms with E-state index in [1.54, 1.807) is 24.3 Å². The number of carbonyl (C=O) groups is 2. The van der Waals surface area contributed by atoms with Crippen molar-refractivity contribution in [1.82, 2.24) is 0 Å². The van der Waals surface area contributed by atoms with Crippen LogP contribution in [0.25, 0.3) is 5.76 Å². The number of aliphatic hydroxyl groups is 1. The predicted octanol–water partition coefficient (Wildman–Crippen LogP) is 4.93. The lowest BCUT2D eigenvalue weighted by Gasteiger charge is -2.25. The van der Waals surface area contributed by atoms with Gasteiger partial charge < -0.3 is 5.11 Å². The predicted molar refractivity (Wildman–Crippen MR) is 114 cm³/mol. The van der Waals surface area contributed by atoms with Crippen LogP contribution in [0.3, 0.4) is 0 Å². The summed E-state index contributed by atoms with van der Waals surface area (Å²) in [6.45, 7) is 3.93. The molecule has 29 heavy (non-hydrogen) atoms. The van der Waals surface area contributed by atoms with Gasteiger partial charge in [0.05, 0.1) is 11.6 Å². The number of hydrogen-bond donors (Lipinski definition) is 1. The van der Waals surface area contributed by atoms with Gasteiger partial charge in [0, 0.05) is 11.3 Å². The highest BCUT2D eigenvalue weighted by molar-refractivity contribution is 6.51. The molecule has 1 N–H and O–H groups in total. The maximum atomic E-state index is 13.0. The summed E-state index contributed by atoms with van der Waals surface area (Å²) in [4.78, 5) is 27.5. The van der Waals surface area contributed by atoms with E-state index in [-0.39, 0.29) is 11.3 Å². The Kier molecular flexibility index (Phi) is 4.77. The number of carbonyl (C=O) groups excluding carboxylic acids is 2. The molecule has 1 heterocycles. The largest absolute Gasteiger partial charge is 0.507 e. The number of benzene rings is 3. The van der Waals surface area contributed by atoms with E-state index in [0.717, 1.165) is 16.7 Å². The number of rotatable bonds is 3. The molecule has 1 aliphatic heterocycles. The van der Waals surface area contributed by atoms with E-state index >= 15 is 0 Å². The lowest BCUT2D eigenvalue weighted by molar-refractivity contribution is -0.132. The summed E-state index contributed by atoms with van der Waals surface area (Å²) in [6.07, 6.45) is 0. The molecule has 4 rings (SSSR count). The van der Waals surface area contributed by atoms with E-state index in [1.807, 2.05) is 68.4 Å². The van der Waals surface area contributed by atoms with Crippen LogP contribution in [-0.4, -0.2) is 16.8 Å². The molecule has 3 aromatic rings. The Morgan fingerprint density at radius 3 is 1.93 bits per heavy atom. The maximum Gasteiger partial charge on any atom is 0.300 e. The molecule has 1 aliphatic rings. The third kappa shape index (κ3) is 3.34. The molecule has 4 heteroatoms. The third-order valence-corrected chi connectivity index (χ3v) is 5.20. The molecular formula is C25H21NO3. The Morgan fingerprint density at radius 1 is 0.793 bits per heavy atom. The molecular weight excluding hydrogens is 362 g/mol. The number of aliphatic hydroxyl groups excluding tert-OH is 1. The van der Waals surface area contributed by atoms with Crippen LogP contribution in [0.2, 0.25) is 0 Å². The first-order valence-electron chi connectivity index (χ1n) is 9.47. The molecule has 1 amide bonds. The standard InChI is InChI=1S/C25H21NO3/c1-16-8-12-18(13-9-16)22-21(23(27)19-14-10-17(2)11-15-19)24(28)25(29)26(22)20-6-4-3-5-7-20/h3-15,22,27H,1-2H3/t22-/m1/s1. The third-order valence-electron chi connectivity index (χ3n) is 5.20. The van der Waals surface area contributed by atoms with Crippen molar-refractivity contribution in [3.05, 3.63) is 107 Å². The monoisotopic (exact) mass is 383 g/mol. The number of para-hydroxylation sites is 1. The van der Waals surface area contributed by atoms with E-state index in [9.17, 15) is 14.7 Å². The molecule has 0 saturated carbocycles. The number of anilines is 1.